The molecule has 0 amide bonds. The van der Waals surface area contributed by atoms with Crippen molar-refractivity contribution in [2.75, 3.05) is 37.7 Å². The number of ether oxygens (including phenoxy) is 1. The second kappa shape index (κ2) is 8.16. The first kappa shape index (κ1) is 19.5. The van der Waals surface area contributed by atoms with E-state index in [0.29, 0.717) is 37.0 Å². The maximum atomic E-state index is 12.7. The van der Waals surface area contributed by atoms with Crippen LogP contribution >= 0.6 is 11.6 Å². The van der Waals surface area contributed by atoms with Gasteiger partial charge < -0.3 is 14.7 Å². The Labute approximate surface area is 162 Å². The maximum Gasteiger partial charge on any atom is 0.341 e. The molecule has 7 nitrogen and oxygen atoms in total. The fourth-order valence-corrected chi connectivity index (χ4v) is 4.41. The van der Waals surface area contributed by atoms with E-state index < -0.39 is 22.6 Å². The normalized spacial score (nSPS) is 15.5. The van der Waals surface area contributed by atoms with E-state index in [1.54, 1.807) is 30.3 Å². The molecule has 9 heteroatoms. The molecule has 0 radical (unpaired) electrons. The van der Waals surface area contributed by atoms with Crippen LogP contribution in [0.15, 0.2) is 53.4 Å². The molecule has 1 fully saturated rings. The van der Waals surface area contributed by atoms with Crippen LogP contribution in [0.2, 0.25) is 5.02 Å². The monoisotopic (exact) mass is 410 g/mol. The zero-order valence-electron chi connectivity index (χ0n) is 14.4. The third-order valence-electron chi connectivity index (χ3n) is 4.24. The Morgan fingerprint density at radius 3 is 2.37 bits per heavy atom. The molecular formula is C18H19ClN2O5S. The van der Waals surface area contributed by atoms with Gasteiger partial charge in [-0.25, -0.2) is 13.2 Å². The van der Waals surface area contributed by atoms with Crippen LogP contribution in [-0.4, -0.2) is 56.6 Å². The lowest BCUT2D eigenvalue weighted by Crippen LogP contribution is -2.48. The Bertz CT molecular complexity index is 910. The molecule has 2 aromatic carbocycles. The van der Waals surface area contributed by atoms with Gasteiger partial charge in [-0.05, 0) is 36.4 Å². The van der Waals surface area contributed by atoms with Crippen molar-refractivity contribution in [1.82, 2.24) is 4.31 Å². The summed E-state index contributed by atoms with van der Waals surface area (Å²) in [6.45, 7) is 1.34. The number of hydrogen-bond donors (Lipinski definition) is 1. The first-order valence-corrected chi connectivity index (χ1v) is 10.1. The van der Waals surface area contributed by atoms with E-state index in [9.17, 15) is 13.2 Å². The van der Waals surface area contributed by atoms with Gasteiger partial charge in [0.05, 0.1) is 4.90 Å². The molecule has 1 aliphatic rings. The van der Waals surface area contributed by atoms with Crippen LogP contribution in [-0.2, 0) is 14.8 Å². The Kier molecular flexibility index (Phi) is 5.88. The molecule has 0 saturated carbocycles. The molecule has 1 heterocycles. The van der Waals surface area contributed by atoms with Crippen LogP contribution in [0, 0.1) is 0 Å². The number of nitrogens with zero attached hydrogens (tertiary/aromatic N) is 2. The van der Waals surface area contributed by atoms with Crippen LogP contribution < -0.4 is 9.64 Å². The van der Waals surface area contributed by atoms with E-state index in [-0.39, 0.29) is 4.90 Å². The average Bonchev–Trinajstić information content (AvgIpc) is 2.67. The Morgan fingerprint density at radius 1 is 1.07 bits per heavy atom. The molecule has 1 N–H and O–H groups in total. The predicted molar refractivity (Wildman–Crippen MR) is 102 cm³/mol. The summed E-state index contributed by atoms with van der Waals surface area (Å²) in [7, 11) is -3.55. The zero-order valence-corrected chi connectivity index (χ0v) is 16.0. The van der Waals surface area contributed by atoms with E-state index in [0.717, 1.165) is 5.69 Å². The van der Waals surface area contributed by atoms with E-state index in [1.165, 1.54) is 16.4 Å². The second-order valence-corrected chi connectivity index (χ2v) is 8.40. The summed E-state index contributed by atoms with van der Waals surface area (Å²) in [6.07, 6.45) is 0. The van der Waals surface area contributed by atoms with Crippen molar-refractivity contribution in [3.05, 3.63) is 53.6 Å². The molecule has 0 aromatic heterocycles. The topological polar surface area (TPSA) is 87.2 Å². The van der Waals surface area contributed by atoms with Crippen LogP contribution in [0.3, 0.4) is 0 Å². The van der Waals surface area contributed by atoms with E-state index in [4.69, 9.17) is 21.4 Å². The van der Waals surface area contributed by atoms with Crippen LogP contribution in [0.25, 0.3) is 0 Å². The molecule has 27 heavy (non-hydrogen) atoms. The molecule has 1 saturated heterocycles. The molecule has 144 valence electrons. The van der Waals surface area contributed by atoms with Gasteiger partial charge in [0.25, 0.3) is 0 Å². The Balaban J connectivity index is 1.66. The summed E-state index contributed by atoms with van der Waals surface area (Å²) in [4.78, 5) is 12.9. The van der Waals surface area contributed by atoms with Crippen molar-refractivity contribution < 1.29 is 23.1 Å². The first-order valence-electron chi connectivity index (χ1n) is 8.31. The maximum absolute atomic E-state index is 12.7. The quantitative estimate of drug-likeness (QED) is 0.786. The van der Waals surface area contributed by atoms with E-state index in [1.807, 2.05) is 11.0 Å². The van der Waals surface area contributed by atoms with Crippen molar-refractivity contribution in [3.63, 3.8) is 0 Å². The van der Waals surface area contributed by atoms with Crippen molar-refractivity contribution in [2.24, 2.45) is 0 Å². The summed E-state index contributed by atoms with van der Waals surface area (Å²) >= 11 is 5.83. The van der Waals surface area contributed by atoms with Gasteiger partial charge in [0, 0.05) is 43.0 Å². The Hall–Kier alpha value is -2.29. The lowest BCUT2D eigenvalue weighted by Gasteiger charge is -2.35. The number of hydrogen-bond acceptors (Lipinski definition) is 5. The number of carboxylic acids is 1. The molecule has 0 bridgehead atoms. The van der Waals surface area contributed by atoms with Gasteiger partial charge in [-0.3, -0.25) is 0 Å². The van der Waals surface area contributed by atoms with Crippen LogP contribution in [0.1, 0.15) is 0 Å². The number of anilines is 1. The van der Waals surface area contributed by atoms with Crippen molar-refractivity contribution in [1.29, 1.82) is 0 Å². The highest BCUT2D eigenvalue weighted by Gasteiger charge is 2.28. The smallest absolute Gasteiger partial charge is 0.341 e. The van der Waals surface area contributed by atoms with E-state index >= 15 is 0 Å². The molecule has 1 aliphatic heterocycles. The number of carboxylic acid groups (broad SMARTS) is 1. The van der Waals surface area contributed by atoms with Gasteiger partial charge in [0.15, 0.2) is 6.61 Å². The molecule has 0 unspecified atom stereocenters. The summed E-state index contributed by atoms with van der Waals surface area (Å²) in [6, 6.07) is 13.3. The number of aliphatic carboxylic acids is 1. The molecule has 0 aliphatic carbocycles. The number of rotatable bonds is 6. The zero-order chi connectivity index (χ0) is 19.4. The van der Waals surface area contributed by atoms with Gasteiger partial charge >= 0.3 is 5.97 Å². The summed E-state index contributed by atoms with van der Waals surface area (Å²) in [5, 5.41) is 9.19. The number of halogens is 1. The summed E-state index contributed by atoms with van der Waals surface area (Å²) < 4.78 is 32.1. The lowest BCUT2D eigenvalue weighted by molar-refractivity contribution is -0.139. The van der Waals surface area contributed by atoms with Crippen molar-refractivity contribution >= 4 is 33.3 Å². The number of carbonyl (C=O) groups is 1. The first-order chi connectivity index (χ1) is 12.9. The molecule has 0 spiro atoms. The molecule has 3 rings (SSSR count). The van der Waals surface area contributed by atoms with Gasteiger partial charge in [-0.2, -0.15) is 4.31 Å². The SMILES string of the molecule is O=C(O)COc1cccc(N2CCN(S(=O)(=O)c3ccc(Cl)cc3)CC2)c1. The summed E-state index contributed by atoms with van der Waals surface area (Å²) in [5.74, 6) is -0.576. The van der Waals surface area contributed by atoms with Crippen LogP contribution in [0.4, 0.5) is 5.69 Å². The van der Waals surface area contributed by atoms with Gasteiger partial charge in [-0.1, -0.05) is 17.7 Å². The predicted octanol–water partition coefficient (Wildman–Crippen LogP) is 2.31. The second-order valence-electron chi connectivity index (χ2n) is 6.02. The van der Waals surface area contributed by atoms with E-state index in [2.05, 4.69) is 0 Å². The van der Waals surface area contributed by atoms with Gasteiger partial charge in [0.1, 0.15) is 5.75 Å². The molecular weight excluding hydrogens is 392 g/mol. The van der Waals surface area contributed by atoms with Crippen molar-refractivity contribution in [3.8, 4) is 5.75 Å². The third-order valence-corrected chi connectivity index (χ3v) is 6.40. The number of piperazine rings is 1. The molecule has 2 aromatic rings. The van der Waals surface area contributed by atoms with Crippen molar-refractivity contribution in [2.45, 2.75) is 4.90 Å². The number of sulfonamides is 1. The average molecular weight is 411 g/mol. The van der Waals surface area contributed by atoms with Gasteiger partial charge in [0.2, 0.25) is 10.0 Å². The highest BCUT2D eigenvalue weighted by Crippen LogP contribution is 2.25. The Morgan fingerprint density at radius 2 is 1.74 bits per heavy atom. The fraction of sp³-hybridized carbons (Fsp3) is 0.278. The van der Waals surface area contributed by atoms with Gasteiger partial charge in [-0.15, -0.1) is 0 Å². The highest BCUT2D eigenvalue weighted by molar-refractivity contribution is 7.89. The highest BCUT2D eigenvalue weighted by atomic mass is 35.5. The third kappa shape index (κ3) is 4.71. The summed E-state index contributed by atoms with van der Waals surface area (Å²) in [5.41, 5.74) is 0.862. The fourth-order valence-electron chi connectivity index (χ4n) is 2.86. The minimum Gasteiger partial charge on any atom is -0.482 e. The largest absolute Gasteiger partial charge is 0.482 e. The number of benzene rings is 2. The van der Waals surface area contributed by atoms with Crippen LogP contribution in [0.5, 0.6) is 5.75 Å². The standard InChI is InChI=1S/C18H19ClN2O5S/c19-14-4-6-17(7-5-14)27(24,25)21-10-8-20(9-11-21)15-2-1-3-16(12-15)26-13-18(22)23/h1-7,12H,8-11,13H2,(H,22,23). The minimum atomic E-state index is -3.55. The molecule has 0 atom stereocenters. The minimum absolute atomic E-state index is 0.226. The lowest BCUT2D eigenvalue weighted by atomic mass is 10.2.